The molecule has 0 bridgehead atoms. The van der Waals surface area contributed by atoms with Gasteiger partial charge >= 0.3 is 24.6 Å². The summed E-state index contributed by atoms with van der Waals surface area (Å²) in [5.41, 5.74) is -4.02. The Morgan fingerprint density at radius 1 is 0.857 bits per heavy atom. The number of hydrogen-bond acceptors (Lipinski definition) is 3. The molecule has 2 heterocycles. The number of cyclic esters (lactones) is 1. The summed E-state index contributed by atoms with van der Waals surface area (Å²) in [6, 6.07) is 5.58. The number of hydrogen-bond donors (Lipinski definition) is 0. The molecule has 1 aliphatic rings. The highest BCUT2D eigenvalue weighted by Gasteiger charge is 2.44. The van der Waals surface area contributed by atoms with Crippen LogP contribution in [0.25, 0.3) is 11.3 Å². The molecule has 1 aliphatic heterocycles. The summed E-state index contributed by atoms with van der Waals surface area (Å²) in [5.74, 6) is -0.0673. The van der Waals surface area contributed by atoms with Crippen molar-refractivity contribution in [3.8, 4) is 11.3 Å². The number of aromatic nitrogens is 1. The Morgan fingerprint density at radius 2 is 1.43 bits per heavy atom. The zero-order valence-electron chi connectivity index (χ0n) is 22.0. The van der Waals surface area contributed by atoms with E-state index in [0.29, 0.717) is 17.8 Å². The van der Waals surface area contributed by atoms with Gasteiger partial charge in [-0.1, -0.05) is 31.5 Å². The smallest absolute Gasteiger partial charge is 0.416 e. The highest BCUT2D eigenvalue weighted by molar-refractivity contribution is 6.33. The number of ether oxygens (including phenoxy) is 1. The number of rotatable bonds is 5. The number of pyridine rings is 1. The third kappa shape index (κ3) is 6.45. The van der Waals surface area contributed by atoms with E-state index < -0.39 is 65.6 Å². The largest absolute Gasteiger partial charge is 0.439 e. The van der Waals surface area contributed by atoms with E-state index in [1.165, 1.54) is 13.0 Å². The second-order valence-corrected chi connectivity index (χ2v) is 10.5. The van der Waals surface area contributed by atoms with Gasteiger partial charge in [0.05, 0.1) is 40.0 Å². The van der Waals surface area contributed by atoms with Gasteiger partial charge < -0.3 is 4.74 Å². The average molecular weight is 625 g/mol. The fourth-order valence-corrected chi connectivity index (χ4v) is 4.79. The van der Waals surface area contributed by atoms with E-state index in [9.17, 15) is 44.3 Å². The zero-order valence-corrected chi connectivity index (χ0v) is 22.8. The molecule has 1 amide bonds. The van der Waals surface area contributed by atoms with Crippen LogP contribution in [-0.2, 0) is 29.8 Å². The molecule has 0 N–H and O–H groups in total. The molecule has 14 heteroatoms. The van der Waals surface area contributed by atoms with Crippen molar-refractivity contribution < 1.29 is 49.0 Å². The molecule has 2 aromatic carbocycles. The minimum Gasteiger partial charge on any atom is -0.439 e. The standard InChI is InChI=1S/C28H22ClF9N2O2/c1-13(2)22-7-6-21(29)23(39-22)20-5-4-17(26(30,31)32)10-16(20)12-40-14(3)24(42-25(40)41)15-8-18(27(33,34)35)11-19(9-15)28(36,37)38/h4-11,13-14,24H,12H2,1-3H3/t14-,24?/m0/s1. The van der Waals surface area contributed by atoms with E-state index in [1.54, 1.807) is 6.07 Å². The highest BCUT2D eigenvalue weighted by atomic mass is 35.5. The maximum absolute atomic E-state index is 13.6. The van der Waals surface area contributed by atoms with Gasteiger partial charge in [-0.05, 0) is 66.4 Å². The van der Waals surface area contributed by atoms with Gasteiger partial charge in [0.15, 0.2) is 0 Å². The summed E-state index contributed by atoms with van der Waals surface area (Å²) in [7, 11) is 0. The summed E-state index contributed by atoms with van der Waals surface area (Å²) >= 11 is 6.34. The zero-order chi connectivity index (χ0) is 31.4. The van der Waals surface area contributed by atoms with Crippen LogP contribution in [0.3, 0.4) is 0 Å². The summed E-state index contributed by atoms with van der Waals surface area (Å²) in [5, 5.41) is 0.110. The van der Waals surface area contributed by atoms with Gasteiger partial charge in [0.2, 0.25) is 0 Å². The number of alkyl halides is 9. The van der Waals surface area contributed by atoms with Crippen molar-refractivity contribution in [2.24, 2.45) is 0 Å². The lowest BCUT2D eigenvalue weighted by Gasteiger charge is -2.24. The van der Waals surface area contributed by atoms with E-state index in [0.717, 1.165) is 23.1 Å². The van der Waals surface area contributed by atoms with Gasteiger partial charge in [0.1, 0.15) is 6.10 Å². The molecule has 226 valence electrons. The Labute approximate surface area is 239 Å². The van der Waals surface area contributed by atoms with Crippen molar-refractivity contribution in [2.45, 2.75) is 63.9 Å². The van der Waals surface area contributed by atoms with Gasteiger partial charge in [-0.2, -0.15) is 39.5 Å². The van der Waals surface area contributed by atoms with Crippen LogP contribution in [-0.4, -0.2) is 22.0 Å². The van der Waals surface area contributed by atoms with Gasteiger partial charge in [0.25, 0.3) is 0 Å². The molecule has 0 radical (unpaired) electrons. The van der Waals surface area contributed by atoms with Crippen LogP contribution in [0.4, 0.5) is 44.3 Å². The fraction of sp³-hybridized carbons (Fsp3) is 0.357. The fourth-order valence-electron chi connectivity index (χ4n) is 4.59. The van der Waals surface area contributed by atoms with Gasteiger partial charge in [-0.3, -0.25) is 9.88 Å². The van der Waals surface area contributed by atoms with Crippen LogP contribution >= 0.6 is 11.6 Å². The SMILES string of the molecule is CC(C)c1ccc(Cl)c(-c2ccc(C(F)(F)F)cc2CN2C(=O)OC(c3cc(C(F)(F)F)cc(C(F)(F)F)c3)[C@@H]2C)n1. The van der Waals surface area contributed by atoms with Crippen LogP contribution in [0.2, 0.25) is 5.02 Å². The predicted molar refractivity (Wildman–Crippen MR) is 134 cm³/mol. The van der Waals surface area contributed by atoms with Crippen molar-refractivity contribution in [1.82, 2.24) is 9.88 Å². The Balaban J connectivity index is 1.78. The molecule has 1 unspecified atom stereocenters. The van der Waals surface area contributed by atoms with Crippen LogP contribution in [0.15, 0.2) is 48.5 Å². The lowest BCUT2D eigenvalue weighted by atomic mass is 9.96. The number of amides is 1. The maximum Gasteiger partial charge on any atom is 0.416 e. The van der Waals surface area contributed by atoms with Crippen LogP contribution in [0.1, 0.15) is 66.3 Å². The Hall–Kier alpha value is -3.48. The highest BCUT2D eigenvalue weighted by Crippen LogP contribution is 2.42. The van der Waals surface area contributed by atoms with Crippen molar-refractivity contribution >= 4 is 17.7 Å². The first kappa shape index (κ1) is 31.5. The van der Waals surface area contributed by atoms with Crippen LogP contribution in [0, 0.1) is 0 Å². The molecular weight excluding hydrogens is 603 g/mol. The number of halogens is 10. The Bertz CT molecular complexity index is 1470. The van der Waals surface area contributed by atoms with Gasteiger partial charge in [0, 0.05) is 11.3 Å². The molecule has 4 nitrogen and oxygen atoms in total. The topological polar surface area (TPSA) is 42.4 Å². The average Bonchev–Trinajstić information content (AvgIpc) is 3.15. The molecule has 0 saturated carbocycles. The van der Waals surface area contributed by atoms with Gasteiger partial charge in [-0.15, -0.1) is 0 Å². The molecule has 2 atom stereocenters. The molecule has 3 aromatic rings. The lowest BCUT2D eigenvalue weighted by molar-refractivity contribution is -0.143. The van der Waals surface area contributed by atoms with E-state index in [4.69, 9.17) is 16.3 Å². The molecule has 0 spiro atoms. The van der Waals surface area contributed by atoms with E-state index in [1.807, 2.05) is 13.8 Å². The minimum absolute atomic E-state index is 0.0559. The summed E-state index contributed by atoms with van der Waals surface area (Å²) < 4.78 is 127. The number of nitrogens with zero attached hydrogens (tertiary/aromatic N) is 2. The Kier molecular flexibility index (Phi) is 8.22. The maximum atomic E-state index is 13.6. The number of carbonyl (C=O) groups is 1. The van der Waals surface area contributed by atoms with Crippen LogP contribution in [0.5, 0.6) is 0 Å². The molecule has 1 saturated heterocycles. The van der Waals surface area contributed by atoms with Crippen molar-refractivity contribution in [2.75, 3.05) is 0 Å². The third-order valence-corrected chi connectivity index (χ3v) is 7.12. The van der Waals surface area contributed by atoms with Crippen molar-refractivity contribution in [3.63, 3.8) is 0 Å². The molecule has 1 aromatic heterocycles. The monoisotopic (exact) mass is 624 g/mol. The quantitative estimate of drug-likeness (QED) is 0.266. The normalized spacial score (nSPS) is 18.1. The van der Waals surface area contributed by atoms with Gasteiger partial charge in [-0.25, -0.2) is 4.79 Å². The first-order valence-corrected chi connectivity index (χ1v) is 12.8. The number of benzene rings is 2. The second kappa shape index (κ2) is 11.0. The van der Waals surface area contributed by atoms with Crippen molar-refractivity contribution in [1.29, 1.82) is 0 Å². The van der Waals surface area contributed by atoms with Crippen molar-refractivity contribution in [3.05, 3.63) is 87.1 Å². The molecule has 1 fully saturated rings. The molecule has 42 heavy (non-hydrogen) atoms. The molecule has 4 rings (SSSR count). The van der Waals surface area contributed by atoms with E-state index >= 15 is 0 Å². The summed E-state index contributed by atoms with van der Waals surface area (Å²) in [6.45, 7) is 4.45. The third-order valence-electron chi connectivity index (χ3n) is 6.82. The second-order valence-electron chi connectivity index (χ2n) is 10.1. The molecular formula is C28H22ClF9N2O2. The minimum atomic E-state index is -5.13. The Morgan fingerprint density at radius 3 is 1.95 bits per heavy atom. The van der Waals surface area contributed by atoms with E-state index in [-0.39, 0.29) is 33.8 Å². The number of carbonyl (C=O) groups excluding carboxylic acids is 1. The van der Waals surface area contributed by atoms with E-state index in [2.05, 4.69) is 4.98 Å². The summed E-state index contributed by atoms with van der Waals surface area (Å²) in [4.78, 5) is 18.3. The first-order chi connectivity index (χ1) is 19.3. The summed E-state index contributed by atoms with van der Waals surface area (Å²) in [6.07, 6.45) is -17.8. The first-order valence-electron chi connectivity index (χ1n) is 12.4. The predicted octanol–water partition coefficient (Wildman–Crippen LogP) is 9.66. The lowest BCUT2D eigenvalue weighted by Crippen LogP contribution is -2.32. The molecule has 0 aliphatic carbocycles. The van der Waals surface area contributed by atoms with Crippen LogP contribution < -0.4 is 0 Å².